The van der Waals surface area contributed by atoms with Crippen molar-refractivity contribution in [2.24, 2.45) is 5.73 Å². The Balaban J connectivity index is 1.73. The van der Waals surface area contributed by atoms with Crippen LogP contribution in [0, 0.1) is 6.92 Å². The van der Waals surface area contributed by atoms with E-state index in [0.29, 0.717) is 5.69 Å². The van der Waals surface area contributed by atoms with Crippen LogP contribution < -0.4 is 5.73 Å². The summed E-state index contributed by atoms with van der Waals surface area (Å²) >= 11 is 0. The van der Waals surface area contributed by atoms with Gasteiger partial charge < -0.3 is 10.6 Å². The van der Waals surface area contributed by atoms with Crippen molar-refractivity contribution in [3.8, 4) is 5.69 Å². The first-order chi connectivity index (χ1) is 13.1. The Morgan fingerprint density at radius 1 is 1.26 bits per heavy atom. The Labute approximate surface area is 158 Å². The minimum Gasteiger partial charge on any atom is -0.333 e. The molecule has 1 saturated heterocycles. The van der Waals surface area contributed by atoms with Crippen LogP contribution in [0.4, 0.5) is 0 Å². The van der Waals surface area contributed by atoms with Crippen molar-refractivity contribution in [1.29, 1.82) is 0 Å². The molecule has 2 unspecified atom stereocenters. The molecule has 0 saturated carbocycles. The Hall–Kier alpha value is -2.80. The van der Waals surface area contributed by atoms with Gasteiger partial charge in [0.1, 0.15) is 0 Å². The zero-order valence-electron chi connectivity index (χ0n) is 15.7. The lowest BCUT2D eigenvalue weighted by Crippen LogP contribution is -2.51. The number of amides is 1. The molecule has 7 nitrogen and oxygen atoms in total. The molecular weight excluding hydrogens is 340 g/mol. The van der Waals surface area contributed by atoms with Crippen molar-refractivity contribution >= 4 is 16.8 Å². The molecule has 140 valence electrons. The molecule has 27 heavy (non-hydrogen) atoms. The Morgan fingerprint density at radius 2 is 2.11 bits per heavy atom. The topological polar surface area (TPSA) is 89.9 Å². The van der Waals surface area contributed by atoms with Gasteiger partial charge in [-0.1, -0.05) is 11.3 Å². The fraction of sp³-hybridized carbons (Fsp3) is 0.400. The number of nitrogens with zero attached hydrogens (tertiary/aromatic N) is 5. The van der Waals surface area contributed by atoms with E-state index >= 15 is 0 Å². The molecule has 0 spiro atoms. The molecule has 3 heterocycles. The average Bonchev–Trinajstić information content (AvgIpc) is 3.08. The maximum absolute atomic E-state index is 13.2. The van der Waals surface area contributed by atoms with Crippen LogP contribution >= 0.6 is 0 Å². The van der Waals surface area contributed by atoms with E-state index in [4.69, 9.17) is 5.73 Å². The number of aromatic nitrogens is 4. The van der Waals surface area contributed by atoms with Crippen LogP contribution in [0.5, 0.6) is 0 Å². The first kappa shape index (κ1) is 17.6. The molecule has 7 heteroatoms. The highest BCUT2D eigenvalue weighted by Gasteiger charge is 2.32. The lowest BCUT2D eigenvalue weighted by atomic mass is 9.96. The number of pyridine rings is 1. The van der Waals surface area contributed by atoms with E-state index in [2.05, 4.69) is 15.3 Å². The van der Waals surface area contributed by atoms with Crippen LogP contribution in [0.1, 0.15) is 42.4 Å². The molecular formula is C20H24N6O. The van der Waals surface area contributed by atoms with Crippen LogP contribution in [0.15, 0.2) is 36.5 Å². The second-order valence-corrected chi connectivity index (χ2v) is 7.20. The standard InChI is InChI=1S/C20H24N6O/c1-13(21)17-9-3-4-12-25(17)20(27)19-14(2)26(24-23-19)18-10-5-8-16-15(18)7-6-11-22-16/h5-8,10-11,13,17H,3-4,9,12,21H2,1-2H3. The number of piperidine rings is 1. The van der Waals surface area contributed by atoms with Gasteiger partial charge in [0.15, 0.2) is 5.69 Å². The Kier molecular flexibility index (Phi) is 4.61. The van der Waals surface area contributed by atoms with Gasteiger partial charge in [-0.25, -0.2) is 4.68 Å². The van der Waals surface area contributed by atoms with Gasteiger partial charge in [-0.2, -0.15) is 0 Å². The fourth-order valence-electron chi connectivity index (χ4n) is 3.92. The number of fused-ring (bicyclic) bond motifs is 1. The van der Waals surface area contributed by atoms with Crippen LogP contribution in [-0.2, 0) is 0 Å². The van der Waals surface area contributed by atoms with E-state index in [9.17, 15) is 4.79 Å². The number of carbonyl (C=O) groups is 1. The smallest absolute Gasteiger partial charge is 0.276 e. The fourth-order valence-corrected chi connectivity index (χ4v) is 3.92. The van der Waals surface area contributed by atoms with Crippen molar-refractivity contribution < 1.29 is 4.79 Å². The van der Waals surface area contributed by atoms with Crippen LogP contribution in [0.3, 0.4) is 0 Å². The summed E-state index contributed by atoms with van der Waals surface area (Å²) < 4.78 is 1.72. The summed E-state index contributed by atoms with van der Waals surface area (Å²) in [6.45, 7) is 4.56. The largest absolute Gasteiger partial charge is 0.333 e. The third kappa shape index (κ3) is 3.08. The molecule has 1 fully saturated rings. The summed E-state index contributed by atoms with van der Waals surface area (Å²) in [6, 6.07) is 9.74. The zero-order valence-corrected chi connectivity index (χ0v) is 15.7. The number of likely N-dealkylation sites (tertiary alicyclic amines) is 1. The van der Waals surface area contributed by atoms with Crippen molar-refractivity contribution in [2.45, 2.75) is 45.2 Å². The highest BCUT2D eigenvalue weighted by Crippen LogP contribution is 2.25. The predicted octanol–water partition coefficient (Wildman–Crippen LogP) is 2.47. The summed E-state index contributed by atoms with van der Waals surface area (Å²) in [5.74, 6) is -0.0842. The number of hydrogen-bond acceptors (Lipinski definition) is 5. The minimum absolute atomic E-state index is 0.0533. The Morgan fingerprint density at radius 3 is 2.93 bits per heavy atom. The lowest BCUT2D eigenvalue weighted by molar-refractivity contribution is 0.0577. The van der Waals surface area contributed by atoms with Crippen molar-refractivity contribution in [2.75, 3.05) is 6.54 Å². The van der Waals surface area contributed by atoms with Gasteiger partial charge in [0, 0.05) is 30.2 Å². The molecule has 1 amide bonds. The number of benzene rings is 1. The van der Waals surface area contributed by atoms with Crippen molar-refractivity contribution in [3.63, 3.8) is 0 Å². The molecule has 1 aromatic carbocycles. The summed E-state index contributed by atoms with van der Waals surface area (Å²) in [5.41, 5.74) is 9.00. The van der Waals surface area contributed by atoms with Crippen molar-refractivity contribution in [1.82, 2.24) is 24.9 Å². The monoisotopic (exact) mass is 364 g/mol. The van der Waals surface area contributed by atoms with E-state index in [-0.39, 0.29) is 18.0 Å². The normalized spacial score (nSPS) is 18.6. The maximum atomic E-state index is 13.2. The SMILES string of the molecule is Cc1c(C(=O)N2CCCCC2C(C)N)nnn1-c1cccc2ncccc12. The molecule has 2 atom stereocenters. The van der Waals surface area contributed by atoms with Crippen molar-refractivity contribution in [3.05, 3.63) is 47.9 Å². The number of nitrogens with two attached hydrogens (primary N) is 1. The van der Waals surface area contributed by atoms with Gasteiger partial charge in [0.05, 0.1) is 16.9 Å². The third-order valence-electron chi connectivity index (χ3n) is 5.37. The number of carbonyl (C=O) groups excluding carboxylic acids is 1. The second kappa shape index (κ2) is 7.08. The lowest BCUT2D eigenvalue weighted by Gasteiger charge is -2.37. The van der Waals surface area contributed by atoms with Gasteiger partial charge in [0.2, 0.25) is 0 Å². The molecule has 4 rings (SSSR count). The highest BCUT2D eigenvalue weighted by atomic mass is 16.2. The Bertz CT molecular complexity index is 974. The molecule has 0 bridgehead atoms. The predicted molar refractivity (Wildman–Crippen MR) is 104 cm³/mol. The maximum Gasteiger partial charge on any atom is 0.276 e. The molecule has 2 aromatic heterocycles. The van der Waals surface area contributed by atoms with Crippen LogP contribution in [-0.4, -0.2) is 49.4 Å². The van der Waals surface area contributed by atoms with Gasteiger partial charge >= 0.3 is 0 Å². The van der Waals surface area contributed by atoms with Gasteiger partial charge in [-0.15, -0.1) is 5.10 Å². The molecule has 1 aliphatic heterocycles. The molecule has 0 aliphatic carbocycles. The highest BCUT2D eigenvalue weighted by molar-refractivity contribution is 5.94. The van der Waals surface area contributed by atoms with Gasteiger partial charge in [0.25, 0.3) is 5.91 Å². The average molecular weight is 364 g/mol. The number of rotatable bonds is 3. The molecule has 1 aliphatic rings. The van der Waals surface area contributed by atoms with Gasteiger partial charge in [-0.05, 0) is 57.4 Å². The van der Waals surface area contributed by atoms with Crippen LogP contribution in [0.2, 0.25) is 0 Å². The summed E-state index contributed by atoms with van der Waals surface area (Å²) in [7, 11) is 0. The number of hydrogen-bond donors (Lipinski definition) is 1. The van der Waals surface area contributed by atoms with E-state index < -0.39 is 0 Å². The molecule has 2 N–H and O–H groups in total. The molecule has 0 radical (unpaired) electrons. The van der Waals surface area contributed by atoms with E-state index in [0.717, 1.165) is 48.1 Å². The second-order valence-electron chi connectivity index (χ2n) is 7.20. The minimum atomic E-state index is -0.0842. The summed E-state index contributed by atoms with van der Waals surface area (Å²) in [4.78, 5) is 19.5. The van der Waals surface area contributed by atoms with Crippen LogP contribution in [0.25, 0.3) is 16.6 Å². The first-order valence-electron chi connectivity index (χ1n) is 9.41. The summed E-state index contributed by atoms with van der Waals surface area (Å²) in [5, 5.41) is 9.48. The summed E-state index contributed by atoms with van der Waals surface area (Å²) in [6.07, 6.45) is 4.80. The first-order valence-corrected chi connectivity index (χ1v) is 9.41. The van der Waals surface area contributed by atoms with Gasteiger partial charge in [-0.3, -0.25) is 9.78 Å². The van der Waals surface area contributed by atoms with E-state index in [1.165, 1.54) is 0 Å². The van der Waals surface area contributed by atoms with E-state index in [1.807, 2.05) is 49.1 Å². The third-order valence-corrected chi connectivity index (χ3v) is 5.37. The molecule has 3 aromatic rings. The van der Waals surface area contributed by atoms with E-state index in [1.54, 1.807) is 10.9 Å². The quantitative estimate of drug-likeness (QED) is 0.771. The zero-order chi connectivity index (χ0) is 19.0.